The molecule has 128 valence electrons. The number of nitrogens with zero attached hydrogens (tertiary/aromatic N) is 1. The first-order valence-corrected chi connectivity index (χ1v) is 8.94. The highest BCUT2D eigenvalue weighted by Crippen LogP contribution is 2.30. The average Bonchev–Trinajstić information content (AvgIpc) is 2.95. The lowest BCUT2D eigenvalue weighted by molar-refractivity contribution is -0.118. The molecule has 0 saturated heterocycles. The Kier molecular flexibility index (Phi) is 5.36. The molecule has 0 aliphatic heterocycles. The Morgan fingerprint density at radius 3 is 2.68 bits per heavy atom. The number of thiazole rings is 1. The number of rotatable bonds is 5. The first kappa shape index (κ1) is 17.5. The summed E-state index contributed by atoms with van der Waals surface area (Å²) in [4.78, 5) is 17.7. The fraction of sp³-hybridized carbons (Fsp3) is 0.158. The van der Waals surface area contributed by atoms with Crippen molar-refractivity contribution in [3.8, 4) is 17.0 Å². The predicted molar refractivity (Wildman–Crippen MR) is 103 cm³/mol. The molecule has 25 heavy (non-hydrogen) atoms. The van der Waals surface area contributed by atoms with E-state index in [1.807, 2.05) is 44.2 Å². The van der Waals surface area contributed by atoms with Crippen molar-refractivity contribution in [2.24, 2.45) is 0 Å². The topological polar surface area (TPSA) is 51.2 Å². The Morgan fingerprint density at radius 1 is 1.20 bits per heavy atom. The Balaban J connectivity index is 1.63. The van der Waals surface area contributed by atoms with E-state index < -0.39 is 0 Å². The van der Waals surface area contributed by atoms with E-state index in [4.69, 9.17) is 16.3 Å². The minimum atomic E-state index is -0.247. The van der Waals surface area contributed by atoms with Crippen LogP contribution in [0.25, 0.3) is 11.3 Å². The second-order valence-electron chi connectivity index (χ2n) is 5.54. The number of aryl methyl sites for hydroxylation is 2. The Hall–Kier alpha value is -2.37. The smallest absolute Gasteiger partial charge is 0.264 e. The molecule has 4 nitrogen and oxygen atoms in total. The van der Waals surface area contributed by atoms with Crippen LogP contribution in [0.2, 0.25) is 5.02 Å². The highest BCUT2D eigenvalue weighted by Gasteiger charge is 2.12. The lowest BCUT2D eigenvalue weighted by atomic mass is 10.1. The lowest BCUT2D eigenvalue weighted by Crippen LogP contribution is -2.20. The third kappa shape index (κ3) is 4.38. The van der Waals surface area contributed by atoms with E-state index in [0.717, 1.165) is 21.7 Å². The molecule has 0 radical (unpaired) electrons. The van der Waals surface area contributed by atoms with Crippen LogP contribution in [-0.2, 0) is 4.79 Å². The van der Waals surface area contributed by atoms with Gasteiger partial charge in [0.05, 0.1) is 5.69 Å². The van der Waals surface area contributed by atoms with Crippen LogP contribution in [0.4, 0.5) is 5.13 Å². The maximum atomic E-state index is 12.1. The molecular formula is C19H17ClN2O2S. The molecule has 0 atom stereocenters. The van der Waals surface area contributed by atoms with Gasteiger partial charge >= 0.3 is 0 Å². The molecule has 2 aromatic carbocycles. The first-order valence-electron chi connectivity index (χ1n) is 7.74. The molecule has 1 aromatic heterocycles. The number of aromatic nitrogens is 1. The number of halogens is 1. The van der Waals surface area contributed by atoms with Crippen molar-refractivity contribution in [3.05, 3.63) is 64.0 Å². The molecule has 0 saturated carbocycles. The Labute approximate surface area is 155 Å². The molecule has 3 rings (SSSR count). The van der Waals surface area contributed by atoms with Crippen LogP contribution in [0, 0.1) is 13.8 Å². The molecule has 1 heterocycles. The summed E-state index contributed by atoms with van der Waals surface area (Å²) in [6, 6.07) is 15.2. The van der Waals surface area contributed by atoms with Gasteiger partial charge in [-0.1, -0.05) is 41.9 Å². The second-order valence-corrected chi connectivity index (χ2v) is 7.18. The van der Waals surface area contributed by atoms with Gasteiger partial charge in [-0.25, -0.2) is 4.98 Å². The summed E-state index contributed by atoms with van der Waals surface area (Å²) < 4.78 is 5.55. The Morgan fingerprint density at radius 2 is 1.96 bits per heavy atom. The first-order chi connectivity index (χ1) is 12.0. The maximum Gasteiger partial charge on any atom is 0.264 e. The lowest BCUT2D eigenvalue weighted by Gasteiger charge is -2.08. The average molecular weight is 373 g/mol. The summed E-state index contributed by atoms with van der Waals surface area (Å²) in [5.74, 6) is 0.391. The minimum Gasteiger partial charge on any atom is -0.483 e. The number of anilines is 1. The van der Waals surface area contributed by atoms with Gasteiger partial charge < -0.3 is 4.74 Å². The summed E-state index contributed by atoms with van der Waals surface area (Å²) >= 11 is 7.36. The Bertz CT molecular complexity index is 894. The molecule has 0 fully saturated rings. The van der Waals surface area contributed by atoms with Crippen molar-refractivity contribution in [2.75, 3.05) is 11.9 Å². The zero-order valence-corrected chi connectivity index (χ0v) is 15.4. The van der Waals surface area contributed by atoms with Gasteiger partial charge in [-0.05, 0) is 37.6 Å². The second kappa shape index (κ2) is 7.68. The molecule has 3 aromatic rings. The molecule has 1 amide bonds. The minimum absolute atomic E-state index is 0.0816. The predicted octanol–water partition coefficient (Wildman–Crippen LogP) is 5.10. The van der Waals surface area contributed by atoms with E-state index in [0.29, 0.717) is 15.9 Å². The van der Waals surface area contributed by atoms with Crippen LogP contribution in [0.15, 0.2) is 48.5 Å². The summed E-state index contributed by atoms with van der Waals surface area (Å²) in [6.45, 7) is 3.79. The summed E-state index contributed by atoms with van der Waals surface area (Å²) in [5.41, 5.74) is 2.80. The number of ether oxygens (including phenoxy) is 1. The van der Waals surface area contributed by atoms with Gasteiger partial charge in [-0.2, -0.15) is 0 Å². The van der Waals surface area contributed by atoms with Crippen LogP contribution in [0.5, 0.6) is 5.75 Å². The van der Waals surface area contributed by atoms with Crippen LogP contribution >= 0.6 is 22.9 Å². The van der Waals surface area contributed by atoms with Crippen LogP contribution in [0.1, 0.15) is 10.4 Å². The normalized spacial score (nSPS) is 10.5. The highest BCUT2D eigenvalue weighted by atomic mass is 35.5. The molecule has 0 aliphatic rings. The van der Waals surface area contributed by atoms with Gasteiger partial charge in [-0.3, -0.25) is 10.1 Å². The molecule has 0 bridgehead atoms. The monoisotopic (exact) mass is 372 g/mol. The molecular weight excluding hydrogens is 356 g/mol. The maximum absolute atomic E-state index is 12.1. The van der Waals surface area contributed by atoms with Gasteiger partial charge in [0.15, 0.2) is 11.7 Å². The summed E-state index contributed by atoms with van der Waals surface area (Å²) in [5, 5.41) is 4.00. The van der Waals surface area contributed by atoms with E-state index in [2.05, 4.69) is 10.3 Å². The van der Waals surface area contributed by atoms with Gasteiger partial charge in [-0.15, -0.1) is 11.3 Å². The van der Waals surface area contributed by atoms with Gasteiger partial charge in [0.25, 0.3) is 5.91 Å². The van der Waals surface area contributed by atoms with Crippen molar-refractivity contribution in [3.63, 3.8) is 0 Å². The highest BCUT2D eigenvalue weighted by molar-refractivity contribution is 7.16. The quantitative estimate of drug-likeness (QED) is 0.678. The number of hydrogen-bond acceptors (Lipinski definition) is 4. The molecule has 0 unspecified atom stereocenters. The van der Waals surface area contributed by atoms with Gasteiger partial charge in [0, 0.05) is 15.5 Å². The number of amides is 1. The van der Waals surface area contributed by atoms with E-state index in [-0.39, 0.29) is 12.5 Å². The van der Waals surface area contributed by atoms with Crippen molar-refractivity contribution >= 4 is 34.0 Å². The third-order valence-corrected chi connectivity index (χ3v) is 4.71. The van der Waals surface area contributed by atoms with E-state index in [1.165, 1.54) is 11.3 Å². The zero-order valence-electron chi connectivity index (χ0n) is 13.9. The fourth-order valence-electron chi connectivity index (χ4n) is 2.39. The van der Waals surface area contributed by atoms with Gasteiger partial charge in [0.2, 0.25) is 0 Å². The summed E-state index contributed by atoms with van der Waals surface area (Å²) in [7, 11) is 0. The molecule has 0 aliphatic carbocycles. The van der Waals surface area contributed by atoms with E-state index in [1.54, 1.807) is 18.2 Å². The van der Waals surface area contributed by atoms with Crippen molar-refractivity contribution in [1.82, 2.24) is 4.98 Å². The molecule has 6 heteroatoms. The zero-order chi connectivity index (χ0) is 17.8. The van der Waals surface area contributed by atoms with Crippen molar-refractivity contribution in [2.45, 2.75) is 13.8 Å². The number of nitrogens with one attached hydrogen (secondary N) is 1. The van der Waals surface area contributed by atoms with E-state index in [9.17, 15) is 4.79 Å². The molecule has 0 spiro atoms. The SMILES string of the molecule is Cc1cc(Cl)ccc1OCC(=O)Nc1nc(-c2ccccc2)c(C)s1. The number of carbonyl (C=O) groups is 1. The van der Waals surface area contributed by atoms with Crippen LogP contribution in [0.3, 0.4) is 0 Å². The summed E-state index contributed by atoms with van der Waals surface area (Å²) in [6.07, 6.45) is 0. The van der Waals surface area contributed by atoms with Crippen LogP contribution < -0.4 is 10.1 Å². The molecule has 1 N–H and O–H groups in total. The number of carbonyl (C=O) groups excluding carboxylic acids is 1. The standard InChI is InChI=1S/C19H17ClN2O2S/c1-12-10-15(20)8-9-16(12)24-11-17(23)21-19-22-18(13(2)25-19)14-6-4-3-5-7-14/h3-10H,11H2,1-2H3,(H,21,22,23). The van der Waals surface area contributed by atoms with Crippen LogP contribution in [-0.4, -0.2) is 17.5 Å². The van der Waals surface area contributed by atoms with E-state index >= 15 is 0 Å². The fourth-order valence-corrected chi connectivity index (χ4v) is 3.47. The van der Waals surface area contributed by atoms with Gasteiger partial charge in [0.1, 0.15) is 5.75 Å². The third-order valence-electron chi connectivity index (χ3n) is 3.59. The largest absolute Gasteiger partial charge is 0.483 e. The van der Waals surface area contributed by atoms with Crippen molar-refractivity contribution < 1.29 is 9.53 Å². The van der Waals surface area contributed by atoms with Crippen molar-refractivity contribution in [1.29, 1.82) is 0 Å². The number of hydrogen-bond donors (Lipinski definition) is 1. The number of benzene rings is 2.